The number of benzene rings is 1. The van der Waals surface area contributed by atoms with Gasteiger partial charge in [-0.05, 0) is 58.7 Å². The van der Waals surface area contributed by atoms with Crippen LogP contribution in [0.2, 0.25) is 5.02 Å². The monoisotopic (exact) mass is 327 g/mol. The third-order valence-electron chi connectivity index (χ3n) is 2.70. The van der Waals surface area contributed by atoms with Crippen molar-refractivity contribution in [2.45, 2.75) is 19.4 Å². The number of nitrogens with one attached hydrogen (secondary N) is 1. The summed E-state index contributed by atoms with van der Waals surface area (Å²) in [5, 5.41) is 4.19. The maximum Gasteiger partial charge on any atom is 0.125 e. The van der Waals surface area contributed by atoms with E-state index in [2.05, 4.69) is 28.2 Å². The Balaban J connectivity index is 2.30. The van der Waals surface area contributed by atoms with E-state index in [-0.39, 0.29) is 6.04 Å². The lowest BCUT2D eigenvalue weighted by Crippen LogP contribution is -2.22. The van der Waals surface area contributed by atoms with Gasteiger partial charge in [0.2, 0.25) is 0 Å². The molecule has 2 nitrogen and oxygen atoms in total. The van der Waals surface area contributed by atoms with E-state index in [4.69, 9.17) is 16.0 Å². The largest absolute Gasteiger partial charge is 0.467 e. The van der Waals surface area contributed by atoms with E-state index in [1.54, 1.807) is 6.26 Å². The second kappa shape index (κ2) is 6.41. The van der Waals surface area contributed by atoms with Crippen molar-refractivity contribution in [3.8, 4) is 0 Å². The Labute approximate surface area is 120 Å². The summed E-state index contributed by atoms with van der Waals surface area (Å²) in [6.07, 6.45) is 2.77. The molecule has 1 atom stereocenters. The van der Waals surface area contributed by atoms with Crippen LogP contribution in [0.5, 0.6) is 0 Å². The highest BCUT2D eigenvalue weighted by molar-refractivity contribution is 9.10. The Morgan fingerprint density at radius 2 is 2.22 bits per heavy atom. The van der Waals surface area contributed by atoms with Crippen molar-refractivity contribution in [2.24, 2.45) is 0 Å². The Morgan fingerprint density at radius 3 is 2.83 bits per heavy atom. The Bertz CT molecular complexity index is 499. The standard InChI is InChI=1S/C14H15BrClNO/c1-2-7-17-14(13-4-3-8-18-13)10-5-6-12(16)11(15)9-10/h3-6,8-9,14,17H,2,7H2,1H3. The number of hydrogen-bond acceptors (Lipinski definition) is 2. The number of rotatable bonds is 5. The Kier molecular flexibility index (Phi) is 4.87. The van der Waals surface area contributed by atoms with Gasteiger partial charge in [0.15, 0.2) is 0 Å². The van der Waals surface area contributed by atoms with Crippen molar-refractivity contribution >= 4 is 27.5 Å². The molecular formula is C14H15BrClNO. The van der Waals surface area contributed by atoms with Gasteiger partial charge in [-0.15, -0.1) is 0 Å². The summed E-state index contributed by atoms with van der Waals surface area (Å²) in [6.45, 7) is 3.08. The fraction of sp³-hybridized carbons (Fsp3) is 0.286. The molecule has 2 rings (SSSR count). The van der Waals surface area contributed by atoms with E-state index in [0.717, 1.165) is 28.8 Å². The molecule has 0 spiro atoms. The van der Waals surface area contributed by atoms with Gasteiger partial charge in [0.25, 0.3) is 0 Å². The van der Waals surface area contributed by atoms with Crippen molar-refractivity contribution in [3.63, 3.8) is 0 Å². The van der Waals surface area contributed by atoms with E-state index in [9.17, 15) is 0 Å². The fourth-order valence-electron chi connectivity index (χ4n) is 1.82. The summed E-state index contributed by atoms with van der Waals surface area (Å²) >= 11 is 9.48. The highest BCUT2D eigenvalue weighted by Crippen LogP contribution is 2.29. The first-order valence-electron chi connectivity index (χ1n) is 5.94. The molecule has 0 aliphatic carbocycles. The maximum absolute atomic E-state index is 6.02. The van der Waals surface area contributed by atoms with Gasteiger partial charge >= 0.3 is 0 Å². The van der Waals surface area contributed by atoms with E-state index >= 15 is 0 Å². The molecule has 2 aromatic rings. The first-order chi connectivity index (χ1) is 8.72. The van der Waals surface area contributed by atoms with Gasteiger partial charge < -0.3 is 9.73 Å². The van der Waals surface area contributed by atoms with Crippen LogP contribution >= 0.6 is 27.5 Å². The molecule has 0 aliphatic rings. The summed E-state index contributed by atoms with van der Waals surface area (Å²) in [5.41, 5.74) is 1.13. The SMILES string of the molecule is CCCNC(c1ccc(Cl)c(Br)c1)c1ccco1. The summed E-state index contributed by atoms with van der Waals surface area (Å²) in [6, 6.07) is 9.89. The van der Waals surface area contributed by atoms with Crippen LogP contribution < -0.4 is 5.32 Å². The van der Waals surface area contributed by atoms with Crippen molar-refractivity contribution < 1.29 is 4.42 Å². The highest BCUT2D eigenvalue weighted by atomic mass is 79.9. The van der Waals surface area contributed by atoms with Crippen LogP contribution in [0.25, 0.3) is 0 Å². The first-order valence-corrected chi connectivity index (χ1v) is 7.11. The van der Waals surface area contributed by atoms with Crippen LogP contribution in [0.4, 0.5) is 0 Å². The van der Waals surface area contributed by atoms with E-state index in [1.165, 1.54) is 0 Å². The Hall–Kier alpha value is -0.770. The van der Waals surface area contributed by atoms with Gasteiger partial charge in [-0.1, -0.05) is 24.6 Å². The Morgan fingerprint density at radius 1 is 1.39 bits per heavy atom. The predicted molar refractivity (Wildman–Crippen MR) is 78.0 cm³/mol. The lowest BCUT2D eigenvalue weighted by atomic mass is 10.0. The van der Waals surface area contributed by atoms with Crippen LogP contribution in [0.3, 0.4) is 0 Å². The average Bonchev–Trinajstić information content (AvgIpc) is 2.88. The molecule has 0 saturated carbocycles. The van der Waals surface area contributed by atoms with Crippen LogP contribution in [0.1, 0.15) is 30.7 Å². The molecule has 1 aromatic heterocycles. The zero-order valence-corrected chi connectivity index (χ0v) is 12.5. The minimum Gasteiger partial charge on any atom is -0.467 e. The third kappa shape index (κ3) is 3.16. The van der Waals surface area contributed by atoms with Gasteiger partial charge in [0.1, 0.15) is 5.76 Å². The molecule has 4 heteroatoms. The summed E-state index contributed by atoms with van der Waals surface area (Å²) in [5.74, 6) is 0.915. The minimum atomic E-state index is 0.0634. The molecule has 0 saturated heterocycles. The zero-order valence-electron chi connectivity index (χ0n) is 10.1. The first kappa shape index (κ1) is 13.7. The molecule has 18 heavy (non-hydrogen) atoms. The molecule has 1 aromatic carbocycles. The fourth-order valence-corrected chi connectivity index (χ4v) is 2.33. The number of furan rings is 1. The molecule has 0 amide bonds. The summed E-state index contributed by atoms with van der Waals surface area (Å²) in [7, 11) is 0. The maximum atomic E-state index is 6.02. The molecular weight excluding hydrogens is 314 g/mol. The topological polar surface area (TPSA) is 25.2 Å². The summed E-state index contributed by atoms with van der Waals surface area (Å²) < 4.78 is 6.41. The van der Waals surface area contributed by atoms with E-state index < -0.39 is 0 Å². The van der Waals surface area contributed by atoms with Gasteiger partial charge in [-0.2, -0.15) is 0 Å². The molecule has 0 fully saturated rings. The molecule has 1 heterocycles. The van der Waals surface area contributed by atoms with Crippen LogP contribution in [-0.2, 0) is 0 Å². The predicted octanol–water partition coefficient (Wildman–Crippen LogP) is 4.78. The van der Waals surface area contributed by atoms with Crippen LogP contribution in [-0.4, -0.2) is 6.54 Å². The second-order valence-electron chi connectivity index (χ2n) is 4.08. The van der Waals surface area contributed by atoms with Crippen molar-refractivity contribution in [1.82, 2.24) is 5.32 Å². The highest BCUT2D eigenvalue weighted by Gasteiger charge is 2.16. The third-order valence-corrected chi connectivity index (χ3v) is 3.92. The lowest BCUT2D eigenvalue weighted by Gasteiger charge is -2.17. The molecule has 1 unspecified atom stereocenters. The normalized spacial score (nSPS) is 12.6. The quantitative estimate of drug-likeness (QED) is 0.854. The summed E-state index contributed by atoms with van der Waals surface area (Å²) in [4.78, 5) is 0. The van der Waals surface area contributed by atoms with Gasteiger partial charge in [0, 0.05) is 4.47 Å². The van der Waals surface area contributed by atoms with Crippen LogP contribution in [0.15, 0.2) is 45.5 Å². The zero-order chi connectivity index (χ0) is 13.0. The number of halogens is 2. The van der Waals surface area contributed by atoms with Gasteiger partial charge in [-0.3, -0.25) is 0 Å². The smallest absolute Gasteiger partial charge is 0.125 e. The number of hydrogen-bond donors (Lipinski definition) is 1. The van der Waals surface area contributed by atoms with E-state index in [1.807, 2.05) is 30.3 Å². The van der Waals surface area contributed by atoms with Crippen molar-refractivity contribution in [1.29, 1.82) is 0 Å². The molecule has 0 bridgehead atoms. The van der Waals surface area contributed by atoms with Crippen molar-refractivity contribution in [3.05, 3.63) is 57.4 Å². The molecule has 0 aliphatic heterocycles. The van der Waals surface area contributed by atoms with Gasteiger partial charge in [0.05, 0.1) is 17.3 Å². The molecule has 0 radical (unpaired) electrons. The second-order valence-corrected chi connectivity index (χ2v) is 5.34. The average molecular weight is 329 g/mol. The van der Waals surface area contributed by atoms with Crippen LogP contribution in [0, 0.1) is 0 Å². The van der Waals surface area contributed by atoms with Gasteiger partial charge in [-0.25, -0.2) is 0 Å². The molecule has 96 valence electrons. The van der Waals surface area contributed by atoms with E-state index in [0.29, 0.717) is 5.02 Å². The van der Waals surface area contributed by atoms with Crippen molar-refractivity contribution in [2.75, 3.05) is 6.54 Å². The lowest BCUT2D eigenvalue weighted by molar-refractivity contribution is 0.446. The minimum absolute atomic E-state index is 0.0634. The molecule has 1 N–H and O–H groups in total.